The van der Waals surface area contributed by atoms with Crippen LogP contribution in [0.25, 0.3) is 0 Å². The third kappa shape index (κ3) is 3.15. The molecule has 0 aliphatic rings. The van der Waals surface area contributed by atoms with Crippen molar-refractivity contribution in [2.24, 2.45) is 7.05 Å². The van der Waals surface area contributed by atoms with Gasteiger partial charge in [0.15, 0.2) is 0 Å². The SMILES string of the molecule is CCCn1cc(CNC(=O)c2nc(C)nn2C)nn1. The standard InChI is InChI=1S/C11H17N7O/c1-4-5-18-7-9(14-16-18)6-12-11(19)10-13-8(2)15-17(10)3/h7H,4-6H2,1-3H3,(H,12,19). The van der Waals surface area contributed by atoms with Crippen LogP contribution in [0.4, 0.5) is 0 Å². The van der Waals surface area contributed by atoms with Crippen LogP contribution < -0.4 is 5.32 Å². The first-order valence-electron chi connectivity index (χ1n) is 6.15. The van der Waals surface area contributed by atoms with Crippen molar-refractivity contribution in [3.05, 3.63) is 23.5 Å². The van der Waals surface area contributed by atoms with Crippen molar-refractivity contribution in [1.29, 1.82) is 0 Å². The maximum atomic E-state index is 11.9. The molecular formula is C11H17N7O. The van der Waals surface area contributed by atoms with Gasteiger partial charge in [0.05, 0.1) is 12.7 Å². The first-order chi connectivity index (χ1) is 9.10. The molecule has 0 aliphatic carbocycles. The van der Waals surface area contributed by atoms with Crippen LogP contribution in [-0.2, 0) is 20.1 Å². The van der Waals surface area contributed by atoms with Crippen molar-refractivity contribution < 1.29 is 4.79 Å². The lowest BCUT2D eigenvalue weighted by Gasteiger charge is -2.01. The average molecular weight is 263 g/mol. The van der Waals surface area contributed by atoms with E-state index in [-0.39, 0.29) is 5.91 Å². The van der Waals surface area contributed by atoms with Crippen molar-refractivity contribution in [2.45, 2.75) is 33.4 Å². The van der Waals surface area contributed by atoms with Crippen LogP contribution in [0.2, 0.25) is 0 Å². The zero-order valence-electron chi connectivity index (χ0n) is 11.3. The molecule has 1 amide bonds. The molecule has 0 aliphatic heterocycles. The topological polar surface area (TPSA) is 90.5 Å². The lowest BCUT2D eigenvalue weighted by Crippen LogP contribution is -2.26. The normalized spacial score (nSPS) is 10.7. The van der Waals surface area contributed by atoms with E-state index in [1.807, 2.05) is 6.20 Å². The summed E-state index contributed by atoms with van der Waals surface area (Å²) in [6.07, 6.45) is 2.82. The Balaban J connectivity index is 1.94. The molecule has 0 saturated carbocycles. The second kappa shape index (κ2) is 5.59. The third-order valence-corrected chi connectivity index (χ3v) is 2.54. The number of aryl methyl sites for hydroxylation is 3. The molecule has 2 heterocycles. The molecule has 19 heavy (non-hydrogen) atoms. The molecule has 0 radical (unpaired) electrons. The fourth-order valence-electron chi connectivity index (χ4n) is 1.72. The first-order valence-corrected chi connectivity index (χ1v) is 6.15. The monoisotopic (exact) mass is 263 g/mol. The Morgan fingerprint density at radius 2 is 2.26 bits per heavy atom. The van der Waals surface area contributed by atoms with Gasteiger partial charge in [-0.05, 0) is 13.3 Å². The van der Waals surface area contributed by atoms with Crippen molar-refractivity contribution in [3.8, 4) is 0 Å². The van der Waals surface area contributed by atoms with Gasteiger partial charge in [-0.3, -0.25) is 9.48 Å². The predicted molar refractivity (Wildman–Crippen MR) is 67.2 cm³/mol. The Morgan fingerprint density at radius 3 is 2.89 bits per heavy atom. The van der Waals surface area contributed by atoms with E-state index in [9.17, 15) is 4.79 Å². The van der Waals surface area contributed by atoms with E-state index in [4.69, 9.17) is 0 Å². The number of nitrogens with zero attached hydrogens (tertiary/aromatic N) is 6. The molecule has 2 aromatic heterocycles. The number of aromatic nitrogens is 6. The van der Waals surface area contributed by atoms with Crippen molar-refractivity contribution in [1.82, 2.24) is 35.1 Å². The zero-order valence-corrected chi connectivity index (χ0v) is 11.3. The number of amides is 1. The van der Waals surface area contributed by atoms with Crippen LogP contribution in [0, 0.1) is 6.92 Å². The van der Waals surface area contributed by atoms with E-state index in [1.54, 1.807) is 18.7 Å². The van der Waals surface area contributed by atoms with E-state index in [0.29, 0.717) is 18.2 Å². The Bertz CT molecular complexity index is 571. The highest BCUT2D eigenvalue weighted by Gasteiger charge is 2.13. The third-order valence-electron chi connectivity index (χ3n) is 2.54. The summed E-state index contributed by atoms with van der Waals surface area (Å²) in [5.41, 5.74) is 0.723. The number of nitrogens with one attached hydrogen (secondary N) is 1. The fourth-order valence-corrected chi connectivity index (χ4v) is 1.72. The Kier molecular flexibility index (Phi) is 3.88. The summed E-state index contributed by atoms with van der Waals surface area (Å²) >= 11 is 0. The number of rotatable bonds is 5. The fraction of sp³-hybridized carbons (Fsp3) is 0.545. The zero-order chi connectivity index (χ0) is 13.8. The number of carbonyl (C=O) groups is 1. The minimum absolute atomic E-state index is 0.270. The lowest BCUT2D eigenvalue weighted by atomic mass is 10.4. The van der Waals surface area contributed by atoms with Gasteiger partial charge in [0.1, 0.15) is 11.5 Å². The van der Waals surface area contributed by atoms with E-state index in [2.05, 4.69) is 32.6 Å². The molecule has 102 valence electrons. The predicted octanol–water partition coefficient (Wildman–Crippen LogP) is 0.0550. The van der Waals surface area contributed by atoms with Gasteiger partial charge in [0, 0.05) is 13.6 Å². The summed E-state index contributed by atoms with van der Waals surface area (Å²) in [4.78, 5) is 16.0. The van der Waals surface area contributed by atoms with Crippen LogP contribution in [0.3, 0.4) is 0 Å². The van der Waals surface area contributed by atoms with Gasteiger partial charge in [-0.15, -0.1) is 5.10 Å². The van der Waals surface area contributed by atoms with Crippen LogP contribution in [0.5, 0.6) is 0 Å². The molecule has 8 nitrogen and oxygen atoms in total. The van der Waals surface area contributed by atoms with Crippen LogP contribution in [0.1, 0.15) is 35.5 Å². The summed E-state index contributed by atoms with van der Waals surface area (Å²) in [6, 6.07) is 0. The van der Waals surface area contributed by atoms with Crippen LogP contribution >= 0.6 is 0 Å². The molecule has 2 rings (SSSR count). The minimum atomic E-state index is -0.270. The van der Waals surface area contributed by atoms with Gasteiger partial charge in [0.2, 0.25) is 5.82 Å². The molecular weight excluding hydrogens is 246 g/mol. The second-order valence-electron chi connectivity index (χ2n) is 4.26. The smallest absolute Gasteiger partial charge is 0.289 e. The van der Waals surface area contributed by atoms with E-state index in [1.165, 1.54) is 4.68 Å². The van der Waals surface area contributed by atoms with Crippen molar-refractivity contribution in [2.75, 3.05) is 0 Å². The number of carbonyl (C=O) groups excluding carboxylic acids is 1. The molecule has 0 saturated heterocycles. The van der Waals surface area contributed by atoms with Gasteiger partial charge in [-0.2, -0.15) is 5.10 Å². The Labute approximate surface area is 110 Å². The molecule has 0 aromatic carbocycles. The molecule has 0 spiro atoms. The number of hydrogen-bond donors (Lipinski definition) is 1. The van der Waals surface area contributed by atoms with Gasteiger partial charge in [0.25, 0.3) is 5.91 Å². The van der Waals surface area contributed by atoms with Gasteiger partial charge < -0.3 is 5.32 Å². The van der Waals surface area contributed by atoms with Gasteiger partial charge in [-0.1, -0.05) is 12.1 Å². The maximum absolute atomic E-state index is 11.9. The van der Waals surface area contributed by atoms with Crippen LogP contribution in [0.15, 0.2) is 6.20 Å². The van der Waals surface area contributed by atoms with Gasteiger partial charge in [-0.25, -0.2) is 9.67 Å². The highest BCUT2D eigenvalue weighted by molar-refractivity contribution is 5.90. The summed E-state index contributed by atoms with van der Waals surface area (Å²) in [5, 5.41) is 14.7. The molecule has 8 heteroatoms. The number of hydrogen-bond acceptors (Lipinski definition) is 5. The molecule has 0 atom stereocenters. The summed E-state index contributed by atoms with van der Waals surface area (Å²) in [7, 11) is 1.69. The minimum Gasteiger partial charge on any atom is -0.344 e. The Morgan fingerprint density at radius 1 is 1.47 bits per heavy atom. The summed E-state index contributed by atoms with van der Waals surface area (Å²) < 4.78 is 3.21. The second-order valence-corrected chi connectivity index (χ2v) is 4.26. The van der Waals surface area contributed by atoms with E-state index >= 15 is 0 Å². The van der Waals surface area contributed by atoms with Crippen LogP contribution in [-0.4, -0.2) is 35.7 Å². The molecule has 2 aromatic rings. The van der Waals surface area contributed by atoms with Crippen molar-refractivity contribution >= 4 is 5.91 Å². The highest BCUT2D eigenvalue weighted by Crippen LogP contribution is 1.98. The molecule has 0 bridgehead atoms. The van der Waals surface area contributed by atoms with Crippen molar-refractivity contribution in [3.63, 3.8) is 0 Å². The largest absolute Gasteiger partial charge is 0.344 e. The first kappa shape index (κ1) is 13.2. The molecule has 0 unspecified atom stereocenters. The quantitative estimate of drug-likeness (QED) is 0.823. The molecule has 1 N–H and O–H groups in total. The summed E-state index contributed by atoms with van der Waals surface area (Å²) in [6.45, 7) is 4.96. The highest BCUT2D eigenvalue weighted by atomic mass is 16.2. The molecule has 0 fully saturated rings. The average Bonchev–Trinajstić information content (AvgIpc) is 2.93. The maximum Gasteiger partial charge on any atom is 0.289 e. The van der Waals surface area contributed by atoms with E-state index in [0.717, 1.165) is 18.7 Å². The Hall–Kier alpha value is -2.25. The summed E-state index contributed by atoms with van der Waals surface area (Å²) in [5.74, 6) is 0.591. The van der Waals surface area contributed by atoms with E-state index < -0.39 is 0 Å². The van der Waals surface area contributed by atoms with Gasteiger partial charge >= 0.3 is 0 Å². The lowest BCUT2D eigenvalue weighted by molar-refractivity contribution is 0.0935.